The van der Waals surface area contributed by atoms with Gasteiger partial charge in [0, 0.05) is 49.3 Å². The van der Waals surface area contributed by atoms with E-state index in [1.807, 2.05) is 0 Å². The average molecular weight is 371 g/mol. The molecule has 1 aromatic carbocycles. The number of rotatable bonds is 6. The minimum atomic E-state index is -0.486. The number of nitrogens with zero attached hydrogens (tertiary/aromatic N) is 2. The molecule has 0 bridgehead atoms. The molecule has 1 fully saturated rings. The van der Waals surface area contributed by atoms with Gasteiger partial charge in [0.05, 0.1) is 10.5 Å². The predicted molar refractivity (Wildman–Crippen MR) is 87.1 cm³/mol. The lowest BCUT2D eigenvalue weighted by Gasteiger charge is -2.27. The van der Waals surface area contributed by atoms with Gasteiger partial charge in [0.2, 0.25) is 0 Å². The molecule has 8 heteroatoms. The maximum atomic E-state index is 12.1. The molecular formula is C14H19BrN4O3. The van der Waals surface area contributed by atoms with Crippen molar-refractivity contribution in [3.05, 3.63) is 38.3 Å². The van der Waals surface area contributed by atoms with E-state index in [2.05, 4.69) is 31.5 Å². The van der Waals surface area contributed by atoms with Gasteiger partial charge in [-0.2, -0.15) is 0 Å². The summed E-state index contributed by atoms with van der Waals surface area (Å²) in [5.41, 5.74) is 0.370. The number of non-ortho nitro benzene ring substituents is 1. The second-order valence-electron chi connectivity index (χ2n) is 5.12. The van der Waals surface area contributed by atoms with Crippen LogP contribution in [0.25, 0.3) is 0 Å². The molecular weight excluding hydrogens is 352 g/mol. The van der Waals surface area contributed by atoms with Crippen molar-refractivity contribution in [3.63, 3.8) is 0 Å². The molecule has 2 N–H and O–H groups in total. The van der Waals surface area contributed by atoms with E-state index in [1.165, 1.54) is 18.2 Å². The highest BCUT2D eigenvalue weighted by Crippen LogP contribution is 2.22. The number of nitro benzene ring substituents is 1. The number of nitrogens with one attached hydrogen (secondary N) is 2. The van der Waals surface area contributed by atoms with Crippen molar-refractivity contribution in [1.29, 1.82) is 0 Å². The van der Waals surface area contributed by atoms with E-state index in [0.29, 0.717) is 16.6 Å². The molecule has 0 aliphatic carbocycles. The van der Waals surface area contributed by atoms with Crippen LogP contribution in [0.1, 0.15) is 16.8 Å². The van der Waals surface area contributed by atoms with Crippen LogP contribution in [-0.2, 0) is 0 Å². The smallest absolute Gasteiger partial charge is 0.270 e. The summed E-state index contributed by atoms with van der Waals surface area (Å²) in [4.78, 5) is 24.6. The number of piperazine rings is 1. The molecule has 0 radical (unpaired) electrons. The van der Waals surface area contributed by atoms with Gasteiger partial charge in [-0.25, -0.2) is 0 Å². The highest BCUT2D eigenvalue weighted by Gasteiger charge is 2.14. The Balaban J connectivity index is 1.78. The fourth-order valence-corrected chi connectivity index (χ4v) is 2.88. The molecule has 0 spiro atoms. The van der Waals surface area contributed by atoms with Crippen molar-refractivity contribution in [2.45, 2.75) is 6.42 Å². The number of carbonyl (C=O) groups is 1. The zero-order valence-electron chi connectivity index (χ0n) is 12.2. The SMILES string of the molecule is O=C(NCCCN1CCNCC1)c1ccc([N+](=O)[O-])cc1Br. The van der Waals surface area contributed by atoms with Gasteiger partial charge in [-0.05, 0) is 35.0 Å². The van der Waals surface area contributed by atoms with Crippen molar-refractivity contribution in [1.82, 2.24) is 15.5 Å². The van der Waals surface area contributed by atoms with Crippen LogP contribution < -0.4 is 10.6 Å². The van der Waals surface area contributed by atoms with Crippen molar-refractivity contribution in [3.8, 4) is 0 Å². The lowest BCUT2D eigenvalue weighted by molar-refractivity contribution is -0.384. The predicted octanol–water partition coefficient (Wildman–Crippen LogP) is 1.38. The van der Waals surface area contributed by atoms with Crippen LogP contribution >= 0.6 is 15.9 Å². The van der Waals surface area contributed by atoms with E-state index in [0.717, 1.165) is 39.1 Å². The third-order valence-corrected chi connectivity index (χ3v) is 4.21. The van der Waals surface area contributed by atoms with Gasteiger partial charge < -0.3 is 15.5 Å². The molecule has 0 unspecified atom stereocenters. The van der Waals surface area contributed by atoms with E-state index in [1.54, 1.807) is 0 Å². The zero-order valence-corrected chi connectivity index (χ0v) is 13.8. The Bertz CT molecular complexity index is 547. The minimum Gasteiger partial charge on any atom is -0.352 e. The second-order valence-corrected chi connectivity index (χ2v) is 5.98. The average Bonchev–Trinajstić information content (AvgIpc) is 2.52. The Morgan fingerprint density at radius 2 is 2.14 bits per heavy atom. The lowest BCUT2D eigenvalue weighted by Crippen LogP contribution is -2.44. The van der Waals surface area contributed by atoms with Crippen LogP contribution in [0.2, 0.25) is 0 Å². The minimum absolute atomic E-state index is 0.0397. The summed E-state index contributed by atoms with van der Waals surface area (Å²) >= 11 is 3.21. The Hall–Kier alpha value is -1.51. The Morgan fingerprint density at radius 3 is 2.77 bits per heavy atom. The molecule has 1 aliphatic heterocycles. The van der Waals surface area contributed by atoms with Gasteiger partial charge in [0.25, 0.3) is 11.6 Å². The van der Waals surface area contributed by atoms with E-state index in [4.69, 9.17) is 0 Å². The standard InChI is InChI=1S/C14H19BrN4O3/c15-13-10-11(19(21)22)2-3-12(13)14(20)17-4-1-7-18-8-5-16-6-9-18/h2-3,10,16H,1,4-9H2,(H,17,20). The van der Waals surface area contributed by atoms with E-state index >= 15 is 0 Å². The van der Waals surface area contributed by atoms with Gasteiger partial charge in [0.1, 0.15) is 0 Å². The first-order valence-electron chi connectivity index (χ1n) is 7.23. The van der Waals surface area contributed by atoms with Crippen LogP contribution in [0.5, 0.6) is 0 Å². The summed E-state index contributed by atoms with van der Waals surface area (Å²) in [5, 5.41) is 16.8. The van der Waals surface area contributed by atoms with Crippen LogP contribution in [0.3, 0.4) is 0 Å². The Kier molecular flexibility index (Phi) is 6.29. The normalized spacial score (nSPS) is 15.5. The number of hydrogen-bond acceptors (Lipinski definition) is 5. The topological polar surface area (TPSA) is 87.5 Å². The van der Waals surface area contributed by atoms with Crippen molar-refractivity contribution < 1.29 is 9.72 Å². The van der Waals surface area contributed by atoms with Crippen LogP contribution in [0, 0.1) is 10.1 Å². The number of hydrogen-bond donors (Lipinski definition) is 2. The first-order valence-corrected chi connectivity index (χ1v) is 8.02. The molecule has 0 saturated carbocycles. The summed E-state index contributed by atoms with van der Waals surface area (Å²) in [7, 11) is 0. The van der Waals surface area contributed by atoms with Gasteiger partial charge in [0.15, 0.2) is 0 Å². The summed E-state index contributed by atoms with van der Waals surface area (Å²) < 4.78 is 0.432. The van der Waals surface area contributed by atoms with Gasteiger partial charge in [-0.15, -0.1) is 0 Å². The maximum absolute atomic E-state index is 12.1. The summed E-state index contributed by atoms with van der Waals surface area (Å²) in [6.45, 7) is 5.67. The third-order valence-electron chi connectivity index (χ3n) is 3.55. The molecule has 120 valence electrons. The lowest BCUT2D eigenvalue weighted by atomic mass is 10.2. The maximum Gasteiger partial charge on any atom is 0.270 e. The quantitative estimate of drug-likeness (QED) is 0.448. The van der Waals surface area contributed by atoms with Gasteiger partial charge in [-0.3, -0.25) is 14.9 Å². The van der Waals surface area contributed by atoms with Crippen LogP contribution in [-0.4, -0.2) is 55.0 Å². The molecule has 1 aliphatic rings. The van der Waals surface area contributed by atoms with E-state index < -0.39 is 4.92 Å². The molecule has 1 saturated heterocycles. The number of benzene rings is 1. The first-order chi connectivity index (χ1) is 10.6. The first kappa shape index (κ1) is 16.9. The van der Waals surface area contributed by atoms with E-state index in [9.17, 15) is 14.9 Å². The van der Waals surface area contributed by atoms with Crippen LogP contribution in [0.4, 0.5) is 5.69 Å². The van der Waals surface area contributed by atoms with Gasteiger partial charge >= 0.3 is 0 Å². The largest absolute Gasteiger partial charge is 0.352 e. The fourth-order valence-electron chi connectivity index (χ4n) is 2.34. The number of amides is 1. The molecule has 1 heterocycles. The second kappa shape index (κ2) is 8.21. The molecule has 1 amide bonds. The molecule has 0 atom stereocenters. The summed E-state index contributed by atoms with van der Waals surface area (Å²) in [5.74, 6) is -0.220. The monoisotopic (exact) mass is 370 g/mol. The molecule has 0 aromatic heterocycles. The van der Waals surface area contributed by atoms with Crippen LogP contribution in [0.15, 0.2) is 22.7 Å². The van der Waals surface area contributed by atoms with E-state index in [-0.39, 0.29) is 11.6 Å². The Morgan fingerprint density at radius 1 is 1.41 bits per heavy atom. The summed E-state index contributed by atoms with van der Waals surface area (Å²) in [6.07, 6.45) is 0.885. The highest BCUT2D eigenvalue weighted by atomic mass is 79.9. The van der Waals surface area contributed by atoms with Gasteiger partial charge in [-0.1, -0.05) is 0 Å². The number of nitro groups is 1. The zero-order chi connectivity index (χ0) is 15.9. The van der Waals surface area contributed by atoms with Crippen molar-refractivity contribution in [2.75, 3.05) is 39.3 Å². The Labute approximate surface area is 137 Å². The summed E-state index contributed by atoms with van der Waals surface area (Å²) in [6, 6.07) is 4.14. The molecule has 2 rings (SSSR count). The number of carbonyl (C=O) groups excluding carboxylic acids is 1. The third kappa shape index (κ3) is 4.75. The fraction of sp³-hybridized carbons (Fsp3) is 0.500. The van der Waals surface area contributed by atoms with Crippen molar-refractivity contribution >= 4 is 27.5 Å². The van der Waals surface area contributed by atoms with Crippen molar-refractivity contribution in [2.24, 2.45) is 0 Å². The number of halogens is 1. The highest BCUT2D eigenvalue weighted by molar-refractivity contribution is 9.10. The molecule has 7 nitrogen and oxygen atoms in total. The molecule has 1 aromatic rings. The molecule has 22 heavy (non-hydrogen) atoms.